The van der Waals surface area contributed by atoms with Crippen molar-refractivity contribution in [1.82, 2.24) is 4.90 Å². The normalized spacial score (nSPS) is 21.6. The van der Waals surface area contributed by atoms with E-state index in [9.17, 15) is 4.79 Å². The number of benzene rings is 1. The summed E-state index contributed by atoms with van der Waals surface area (Å²) in [6, 6.07) is 10.6. The minimum Gasteiger partial charge on any atom is -0.336 e. The van der Waals surface area contributed by atoms with E-state index in [1.807, 2.05) is 30.0 Å². The van der Waals surface area contributed by atoms with Gasteiger partial charge < -0.3 is 4.90 Å². The van der Waals surface area contributed by atoms with Crippen LogP contribution < -0.4 is 0 Å². The fourth-order valence-corrected chi connectivity index (χ4v) is 2.15. The third kappa shape index (κ3) is 1.52. The minimum absolute atomic E-state index is 0.293. The molecule has 1 aliphatic heterocycles. The maximum absolute atomic E-state index is 11.5. The number of rotatable bonds is 2. The molecule has 2 nitrogen and oxygen atoms in total. The summed E-state index contributed by atoms with van der Waals surface area (Å²) >= 11 is 0. The van der Waals surface area contributed by atoms with Gasteiger partial charge in [-0.1, -0.05) is 30.3 Å². The van der Waals surface area contributed by atoms with Crippen LogP contribution in [0.15, 0.2) is 30.3 Å². The molecule has 1 aromatic carbocycles. The SMILES string of the molecule is CCN1C(=O)CCC1c1ccccc1. The largest absolute Gasteiger partial charge is 0.336 e. The quantitative estimate of drug-likeness (QED) is 0.699. The molecule has 1 aromatic rings. The van der Waals surface area contributed by atoms with E-state index in [2.05, 4.69) is 12.1 Å². The molecule has 1 heterocycles. The van der Waals surface area contributed by atoms with E-state index in [0.717, 1.165) is 13.0 Å². The van der Waals surface area contributed by atoms with Crippen LogP contribution in [0, 0.1) is 0 Å². The van der Waals surface area contributed by atoms with Gasteiger partial charge in [0.15, 0.2) is 0 Å². The average molecular weight is 189 g/mol. The summed E-state index contributed by atoms with van der Waals surface area (Å²) in [6.45, 7) is 2.86. The molecule has 0 saturated carbocycles. The molecule has 2 heteroatoms. The number of likely N-dealkylation sites (tertiary alicyclic amines) is 1. The molecule has 1 saturated heterocycles. The molecular weight excluding hydrogens is 174 g/mol. The fourth-order valence-electron chi connectivity index (χ4n) is 2.15. The van der Waals surface area contributed by atoms with Gasteiger partial charge in [0.2, 0.25) is 5.91 Å². The van der Waals surface area contributed by atoms with E-state index in [1.165, 1.54) is 5.56 Å². The first-order chi connectivity index (χ1) is 6.83. The number of carbonyl (C=O) groups is 1. The third-order valence-corrected chi connectivity index (χ3v) is 2.85. The van der Waals surface area contributed by atoms with Crippen molar-refractivity contribution >= 4 is 5.91 Å². The summed E-state index contributed by atoms with van der Waals surface area (Å²) in [7, 11) is 0. The lowest BCUT2D eigenvalue weighted by Gasteiger charge is -2.23. The lowest BCUT2D eigenvalue weighted by atomic mass is 10.1. The van der Waals surface area contributed by atoms with Gasteiger partial charge in [0, 0.05) is 13.0 Å². The molecule has 1 unspecified atom stereocenters. The Labute approximate surface area is 84.5 Å². The van der Waals surface area contributed by atoms with Crippen LogP contribution in [0.4, 0.5) is 0 Å². The Balaban J connectivity index is 2.23. The van der Waals surface area contributed by atoms with Gasteiger partial charge >= 0.3 is 0 Å². The van der Waals surface area contributed by atoms with E-state index in [-0.39, 0.29) is 0 Å². The van der Waals surface area contributed by atoms with Crippen LogP contribution in [-0.4, -0.2) is 17.4 Å². The van der Waals surface area contributed by atoms with Gasteiger partial charge in [-0.05, 0) is 18.9 Å². The van der Waals surface area contributed by atoms with Gasteiger partial charge in [-0.25, -0.2) is 0 Å². The second kappa shape index (κ2) is 3.82. The van der Waals surface area contributed by atoms with Crippen LogP contribution in [-0.2, 0) is 4.79 Å². The fraction of sp³-hybridized carbons (Fsp3) is 0.417. The number of hydrogen-bond donors (Lipinski definition) is 0. The van der Waals surface area contributed by atoms with E-state index in [4.69, 9.17) is 0 Å². The molecule has 0 aromatic heterocycles. The highest BCUT2D eigenvalue weighted by molar-refractivity contribution is 5.79. The Kier molecular flexibility index (Phi) is 2.53. The first-order valence-corrected chi connectivity index (χ1v) is 5.17. The van der Waals surface area contributed by atoms with Crippen LogP contribution in [0.3, 0.4) is 0 Å². The Hall–Kier alpha value is -1.31. The molecule has 74 valence electrons. The maximum Gasteiger partial charge on any atom is 0.223 e. The van der Waals surface area contributed by atoms with Crippen molar-refractivity contribution in [3.8, 4) is 0 Å². The highest BCUT2D eigenvalue weighted by Gasteiger charge is 2.30. The van der Waals surface area contributed by atoms with Crippen LogP contribution in [0.1, 0.15) is 31.4 Å². The summed E-state index contributed by atoms with van der Waals surface area (Å²) in [4.78, 5) is 13.5. The van der Waals surface area contributed by atoms with Crippen molar-refractivity contribution in [3.05, 3.63) is 35.9 Å². The lowest BCUT2D eigenvalue weighted by Crippen LogP contribution is -2.27. The molecule has 0 spiro atoms. The second-order valence-electron chi connectivity index (χ2n) is 3.64. The molecule has 1 amide bonds. The molecule has 0 bridgehead atoms. The minimum atomic E-state index is 0.293. The summed E-state index contributed by atoms with van der Waals surface area (Å²) in [5, 5.41) is 0. The predicted molar refractivity (Wildman–Crippen MR) is 55.8 cm³/mol. The van der Waals surface area contributed by atoms with Gasteiger partial charge in [0.05, 0.1) is 6.04 Å². The van der Waals surface area contributed by atoms with Crippen molar-refractivity contribution in [3.63, 3.8) is 0 Å². The molecule has 1 fully saturated rings. The maximum atomic E-state index is 11.5. The number of amides is 1. The molecule has 14 heavy (non-hydrogen) atoms. The lowest BCUT2D eigenvalue weighted by molar-refractivity contribution is -0.128. The molecule has 1 aliphatic rings. The van der Waals surface area contributed by atoms with Crippen LogP contribution >= 0.6 is 0 Å². The molecular formula is C12H15NO. The topological polar surface area (TPSA) is 20.3 Å². The zero-order chi connectivity index (χ0) is 9.97. The zero-order valence-corrected chi connectivity index (χ0v) is 8.44. The summed E-state index contributed by atoms with van der Waals surface area (Å²) < 4.78 is 0. The standard InChI is InChI=1S/C12H15NO/c1-2-13-11(8-9-12(13)14)10-6-4-3-5-7-10/h3-7,11H,2,8-9H2,1H3. The number of hydrogen-bond acceptors (Lipinski definition) is 1. The summed E-state index contributed by atoms with van der Waals surface area (Å²) in [5.41, 5.74) is 1.26. The van der Waals surface area contributed by atoms with Crippen LogP contribution in [0.2, 0.25) is 0 Å². The first-order valence-electron chi connectivity index (χ1n) is 5.17. The van der Waals surface area contributed by atoms with E-state index in [1.54, 1.807) is 0 Å². The average Bonchev–Trinajstić information content (AvgIpc) is 2.61. The van der Waals surface area contributed by atoms with Crippen molar-refractivity contribution in [2.75, 3.05) is 6.54 Å². The number of nitrogens with zero attached hydrogens (tertiary/aromatic N) is 1. The van der Waals surface area contributed by atoms with Gasteiger partial charge in [0.25, 0.3) is 0 Å². The van der Waals surface area contributed by atoms with Crippen LogP contribution in [0.25, 0.3) is 0 Å². The van der Waals surface area contributed by atoms with Crippen LogP contribution in [0.5, 0.6) is 0 Å². The highest BCUT2D eigenvalue weighted by atomic mass is 16.2. The van der Waals surface area contributed by atoms with Gasteiger partial charge in [-0.15, -0.1) is 0 Å². The zero-order valence-electron chi connectivity index (χ0n) is 8.44. The Morgan fingerprint density at radius 3 is 2.71 bits per heavy atom. The third-order valence-electron chi connectivity index (χ3n) is 2.85. The summed E-state index contributed by atoms with van der Waals surface area (Å²) in [6.07, 6.45) is 1.67. The van der Waals surface area contributed by atoms with Gasteiger partial charge in [-0.2, -0.15) is 0 Å². The Morgan fingerprint density at radius 2 is 2.07 bits per heavy atom. The molecule has 1 atom stereocenters. The molecule has 0 N–H and O–H groups in total. The Morgan fingerprint density at radius 1 is 1.36 bits per heavy atom. The van der Waals surface area contributed by atoms with Crippen molar-refractivity contribution in [2.24, 2.45) is 0 Å². The molecule has 0 radical (unpaired) electrons. The Bertz CT molecular complexity index is 320. The number of carbonyl (C=O) groups excluding carboxylic acids is 1. The monoisotopic (exact) mass is 189 g/mol. The molecule has 2 rings (SSSR count). The van der Waals surface area contributed by atoms with Gasteiger partial charge in [0.1, 0.15) is 0 Å². The smallest absolute Gasteiger partial charge is 0.223 e. The summed E-state index contributed by atoms with van der Waals surface area (Å²) in [5.74, 6) is 0.293. The first kappa shape index (κ1) is 9.25. The van der Waals surface area contributed by atoms with Gasteiger partial charge in [-0.3, -0.25) is 4.79 Å². The highest BCUT2D eigenvalue weighted by Crippen LogP contribution is 2.31. The van der Waals surface area contributed by atoms with Crippen molar-refractivity contribution in [2.45, 2.75) is 25.8 Å². The van der Waals surface area contributed by atoms with E-state index < -0.39 is 0 Å². The van der Waals surface area contributed by atoms with E-state index in [0.29, 0.717) is 18.4 Å². The second-order valence-corrected chi connectivity index (χ2v) is 3.64. The van der Waals surface area contributed by atoms with Crippen molar-refractivity contribution in [1.29, 1.82) is 0 Å². The van der Waals surface area contributed by atoms with Crippen molar-refractivity contribution < 1.29 is 4.79 Å². The molecule has 0 aliphatic carbocycles. The van der Waals surface area contributed by atoms with E-state index >= 15 is 0 Å². The predicted octanol–water partition coefficient (Wildman–Crippen LogP) is 2.37.